The molecule has 2 N–H and O–H groups in total. The number of carbonyl (C=O) groups is 2. The molecule has 0 bridgehead atoms. The van der Waals surface area contributed by atoms with Crippen molar-refractivity contribution >= 4 is 11.9 Å². The van der Waals surface area contributed by atoms with Gasteiger partial charge in [-0.15, -0.1) is 0 Å². The van der Waals surface area contributed by atoms with Gasteiger partial charge in [0.05, 0.1) is 5.92 Å². The van der Waals surface area contributed by atoms with Crippen molar-refractivity contribution < 1.29 is 14.7 Å². The van der Waals surface area contributed by atoms with Crippen molar-refractivity contribution in [2.75, 3.05) is 0 Å². The fraction of sp³-hybridized carbons (Fsp3) is 0.800. The summed E-state index contributed by atoms with van der Waals surface area (Å²) in [5.41, 5.74) is -0.298. The number of hydrogen-bond donors (Lipinski definition) is 2. The van der Waals surface area contributed by atoms with Gasteiger partial charge < -0.3 is 10.4 Å². The molecule has 1 amide bonds. The average molecular weight is 201 g/mol. The fourth-order valence-electron chi connectivity index (χ4n) is 1.10. The molecule has 4 nitrogen and oxygen atoms in total. The summed E-state index contributed by atoms with van der Waals surface area (Å²) in [6.45, 7) is 7.37. The Morgan fingerprint density at radius 3 is 2.14 bits per heavy atom. The van der Waals surface area contributed by atoms with Gasteiger partial charge in [0.25, 0.3) is 0 Å². The van der Waals surface area contributed by atoms with Crippen LogP contribution < -0.4 is 5.32 Å². The molecule has 1 atom stereocenters. The minimum absolute atomic E-state index is 0.0586. The van der Waals surface area contributed by atoms with E-state index in [0.717, 1.165) is 0 Å². The van der Waals surface area contributed by atoms with E-state index in [-0.39, 0.29) is 17.9 Å². The highest BCUT2D eigenvalue weighted by atomic mass is 16.4. The highest BCUT2D eigenvalue weighted by Gasteiger charge is 2.21. The predicted octanol–water partition coefficient (Wildman–Crippen LogP) is 1.40. The first-order chi connectivity index (χ1) is 6.26. The Morgan fingerprint density at radius 2 is 1.86 bits per heavy atom. The Morgan fingerprint density at radius 1 is 1.36 bits per heavy atom. The second-order valence-corrected chi connectivity index (χ2v) is 4.45. The number of nitrogens with one attached hydrogen (secondary N) is 1. The first kappa shape index (κ1) is 12.9. The molecule has 0 aliphatic heterocycles. The van der Waals surface area contributed by atoms with E-state index in [1.54, 1.807) is 6.92 Å². The quantitative estimate of drug-likeness (QED) is 0.722. The van der Waals surface area contributed by atoms with Crippen LogP contribution in [-0.2, 0) is 9.59 Å². The molecule has 0 radical (unpaired) electrons. The molecule has 0 aliphatic rings. The van der Waals surface area contributed by atoms with E-state index < -0.39 is 11.9 Å². The summed E-state index contributed by atoms with van der Waals surface area (Å²) in [4.78, 5) is 22.0. The molecule has 0 aromatic heterocycles. The summed E-state index contributed by atoms with van der Waals surface area (Å²) in [5.74, 6) is -1.68. The van der Waals surface area contributed by atoms with Crippen molar-refractivity contribution in [2.45, 2.75) is 46.1 Å². The minimum atomic E-state index is -0.906. The van der Waals surface area contributed by atoms with Crippen LogP contribution in [0.15, 0.2) is 0 Å². The second-order valence-electron chi connectivity index (χ2n) is 4.45. The zero-order chi connectivity index (χ0) is 11.4. The molecule has 0 fully saturated rings. The lowest BCUT2D eigenvalue weighted by Crippen LogP contribution is -2.41. The maximum absolute atomic E-state index is 11.4. The molecule has 0 rings (SSSR count). The number of carbonyl (C=O) groups excluding carboxylic acids is 1. The van der Waals surface area contributed by atoms with Crippen LogP contribution >= 0.6 is 0 Å². The van der Waals surface area contributed by atoms with Crippen molar-refractivity contribution in [2.24, 2.45) is 5.92 Å². The third-order valence-electron chi connectivity index (χ3n) is 1.79. The van der Waals surface area contributed by atoms with Crippen LogP contribution in [0.5, 0.6) is 0 Å². The molecule has 0 saturated heterocycles. The molecule has 0 aromatic rings. The fourth-order valence-corrected chi connectivity index (χ4v) is 1.10. The van der Waals surface area contributed by atoms with Crippen LogP contribution in [0.2, 0.25) is 0 Å². The first-order valence-electron chi connectivity index (χ1n) is 4.80. The number of amides is 1. The lowest BCUT2D eigenvalue weighted by molar-refractivity contribution is -0.144. The molecule has 0 heterocycles. The minimum Gasteiger partial charge on any atom is -0.481 e. The Hall–Kier alpha value is -1.06. The molecule has 14 heavy (non-hydrogen) atoms. The molecule has 1 unspecified atom stereocenters. The van der Waals surface area contributed by atoms with E-state index >= 15 is 0 Å². The maximum atomic E-state index is 11.4. The number of hydrogen-bond acceptors (Lipinski definition) is 2. The summed E-state index contributed by atoms with van der Waals surface area (Å²) in [6.07, 6.45) is 0.538. The standard InChI is InChI=1S/C10H19NO3/c1-5-7(9(13)14)6-8(12)11-10(2,3)4/h7H,5-6H2,1-4H3,(H,11,12)(H,13,14). The van der Waals surface area contributed by atoms with E-state index in [4.69, 9.17) is 5.11 Å². The van der Waals surface area contributed by atoms with Gasteiger partial charge in [-0.25, -0.2) is 0 Å². The SMILES string of the molecule is CCC(CC(=O)NC(C)(C)C)C(=O)O. The van der Waals surface area contributed by atoms with Gasteiger partial charge >= 0.3 is 5.97 Å². The highest BCUT2D eigenvalue weighted by Crippen LogP contribution is 2.09. The van der Waals surface area contributed by atoms with Crippen LogP contribution in [0.4, 0.5) is 0 Å². The van der Waals surface area contributed by atoms with Crippen LogP contribution in [0, 0.1) is 5.92 Å². The van der Waals surface area contributed by atoms with Gasteiger partial charge in [0, 0.05) is 12.0 Å². The predicted molar refractivity (Wildman–Crippen MR) is 53.9 cm³/mol. The lowest BCUT2D eigenvalue weighted by Gasteiger charge is -2.21. The normalized spacial score (nSPS) is 13.4. The third-order valence-corrected chi connectivity index (χ3v) is 1.79. The van der Waals surface area contributed by atoms with Crippen molar-refractivity contribution in [3.8, 4) is 0 Å². The molecule has 0 aliphatic carbocycles. The second kappa shape index (κ2) is 4.98. The number of carboxylic acid groups (broad SMARTS) is 1. The Kier molecular flexibility index (Phi) is 4.60. The molecule has 0 aromatic carbocycles. The van der Waals surface area contributed by atoms with Crippen LogP contribution in [-0.4, -0.2) is 22.5 Å². The maximum Gasteiger partial charge on any atom is 0.307 e. The Balaban J connectivity index is 4.11. The third kappa shape index (κ3) is 5.56. The van der Waals surface area contributed by atoms with Gasteiger partial charge in [-0.3, -0.25) is 9.59 Å². The molecule has 4 heteroatoms. The average Bonchev–Trinajstić information content (AvgIpc) is 1.96. The van der Waals surface area contributed by atoms with Gasteiger partial charge in [0.15, 0.2) is 0 Å². The van der Waals surface area contributed by atoms with Gasteiger partial charge in [0.2, 0.25) is 5.91 Å². The summed E-state index contributed by atoms with van der Waals surface area (Å²) < 4.78 is 0. The Bertz CT molecular complexity index is 218. The molecule has 0 spiro atoms. The van der Waals surface area contributed by atoms with Crippen molar-refractivity contribution in [3.63, 3.8) is 0 Å². The molecular formula is C10H19NO3. The number of carboxylic acids is 1. The molecule has 82 valence electrons. The van der Waals surface area contributed by atoms with E-state index in [9.17, 15) is 9.59 Å². The van der Waals surface area contributed by atoms with Crippen LogP contribution in [0.3, 0.4) is 0 Å². The summed E-state index contributed by atoms with van der Waals surface area (Å²) in [6, 6.07) is 0. The van der Waals surface area contributed by atoms with Gasteiger partial charge in [-0.2, -0.15) is 0 Å². The largest absolute Gasteiger partial charge is 0.481 e. The monoisotopic (exact) mass is 201 g/mol. The van der Waals surface area contributed by atoms with E-state index in [2.05, 4.69) is 5.32 Å². The van der Waals surface area contributed by atoms with Gasteiger partial charge in [0.1, 0.15) is 0 Å². The topological polar surface area (TPSA) is 66.4 Å². The summed E-state index contributed by atoms with van der Waals surface area (Å²) in [7, 11) is 0. The molecular weight excluding hydrogens is 182 g/mol. The van der Waals surface area contributed by atoms with Gasteiger partial charge in [-0.05, 0) is 27.2 Å². The highest BCUT2D eigenvalue weighted by molar-refractivity contribution is 5.82. The van der Waals surface area contributed by atoms with Gasteiger partial charge in [-0.1, -0.05) is 6.92 Å². The van der Waals surface area contributed by atoms with E-state index in [1.807, 2.05) is 20.8 Å². The number of aliphatic carboxylic acids is 1. The summed E-state index contributed by atoms with van der Waals surface area (Å²) in [5, 5.41) is 11.5. The Labute approximate surface area is 84.7 Å². The molecule has 0 saturated carbocycles. The van der Waals surface area contributed by atoms with Crippen molar-refractivity contribution in [1.29, 1.82) is 0 Å². The smallest absolute Gasteiger partial charge is 0.307 e. The van der Waals surface area contributed by atoms with E-state index in [1.165, 1.54) is 0 Å². The first-order valence-corrected chi connectivity index (χ1v) is 4.80. The summed E-state index contributed by atoms with van der Waals surface area (Å²) >= 11 is 0. The zero-order valence-electron chi connectivity index (χ0n) is 9.26. The number of rotatable bonds is 4. The van der Waals surface area contributed by atoms with Crippen molar-refractivity contribution in [1.82, 2.24) is 5.32 Å². The lowest BCUT2D eigenvalue weighted by atomic mass is 10.0. The van der Waals surface area contributed by atoms with E-state index in [0.29, 0.717) is 6.42 Å². The van der Waals surface area contributed by atoms with Crippen LogP contribution in [0.1, 0.15) is 40.5 Å². The zero-order valence-corrected chi connectivity index (χ0v) is 9.26. The van der Waals surface area contributed by atoms with Crippen LogP contribution in [0.25, 0.3) is 0 Å². The van der Waals surface area contributed by atoms with Crippen molar-refractivity contribution in [3.05, 3.63) is 0 Å².